The third-order valence-corrected chi connectivity index (χ3v) is 6.04. The first kappa shape index (κ1) is 18.9. The molecule has 0 aromatic heterocycles. The van der Waals surface area contributed by atoms with Crippen LogP contribution in [-0.2, 0) is 9.59 Å². The van der Waals surface area contributed by atoms with E-state index in [4.69, 9.17) is 0 Å². The maximum absolute atomic E-state index is 13.0. The van der Waals surface area contributed by atoms with Crippen molar-refractivity contribution in [2.75, 3.05) is 24.5 Å². The first-order valence-corrected chi connectivity index (χ1v) is 10.2. The molecule has 0 spiro atoms. The minimum absolute atomic E-state index is 0.0551. The lowest BCUT2D eigenvalue weighted by molar-refractivity contribution is -0.139. The highest BCUT2D eigenvalue weighted by molar-refractivity contribution is 5.95. The number of carbonyl (C=O) groups excluding carboxylic acids is 2. The molecule has 4 heteroatoms. The van der Waals surface area contributed by atoms with Crippen molar-refractivity contribution in [2.24, 2.45) is 17.8 Å². The highest BCUT2D eigenvalue weighted by Crippen LogP contribution is 2.33. The van der Waals surface area contributed by atoms with Gasteiger partial charge in [-0.2, -0.15) is 0 Å². The van der Waals surface area contributed by atoms with Gasteiger partial charge in [0.05, 0.1) is 0 Å². The molecule has 3 rings (SSSR count). The van der Waals surface area contributed by atoms with Gasteiger partial charge in [0.15, 0.2) is 0 Å². The van der Waals surface area contributed by atoms with Gasteiger partial charge in [0.2, 0.25) is 11.8 Å². The van der Waals surface area contributed by atoms with Gasteiger partial charge in [-0.3, -0.25) is 9.59 Å². The maximum atomic E-state index is 13.0. The molecule has 1 aromatic rings. The van der Waals surface area contributed by atoms with Crippen LogP contribution in [0.5, 0.6) is 0 Å². The molecule has 142 valence electrons. The lowest BCUT2D eigenvalue weighted by Crippen LogP contribution is -2.44. The number of rotatable bonds is 4. The molecule has 1 saturated carbocycles. The summed E-state index contributed by atoms with van der Waals surface area (Å²) in [6.45, 7) is 6.78. The van der Waals surface area contributed by atoms with E-state index < -0.39 is 0 Å². The van der Waals surface area contributed by atoms with Crippen molar-refractivity contribution >= 4 is 17.5 Å². The second kappa shape index (κ2) is 8.70. The number of carbonyl (C=O) groups is 2. The van der Waals surface area contributed by atoms with E-state index in [9.17, 15) is 9.59 Å². The quantitative estimate of drug-likeness (QED) is 0.815. The largest absolute Gasteiger partial charge is 0.342 e. The van der Waals surface area contributed by atoms with E-state index in [1.807, 2.05) is 42.2 Å². The molecule has 4 nitrogen and oxygen atoms in total. The van der Waals surface area contributed by atoms with Crippen LogP contribution in [0.25, 0.3) is 0 Å². The van der Waals surface area contributed by atoms with Crippen LogP contribution in [0, 0.1) is 17.8 Å². The van der Waals surface area contributed by atoms with Crippen molar-refractivity contribution in [1.29, 1.82) is 0 Å². The molecule has 1 atom stereocenters. The number of hydrogen-bond acceptors (Lipinski definition) is 2. The van der Waals surface area contributed by atoms with Gasteiger partial charge >= 0.3 is 0 Å². The molecule has 0 bridgehead atoms. The molecule has 1 saturated heterocycles. The highest BCUT2D eigenvalue weighted by atomic mass is 16.2. The molecular weight excluding hydrogens is 324 g/mol. The molecule has 1 heterocycles. The minimum Gasteiger partial charge on any atom is -0.342 e. The van der Waals surface area contributed by atoms with Crippen molar-refractivity contribution < 1.29 is 9.59 Å². The van der Waals surface area contributed by atoms with Crippen molar-refractivity contribution in [1.82, 2.24) is 4.90 Å². The molecule has 0 radical (unpaired) electrons. The van der Waals surface area contributed by atoms with Crippen LogP contribution in [0.4, 0.5) is 5.69 Å². The fraction of sp³-hybridized carbons (Fsp3) is 0.636. The Labute approximate surface area is 157 Å². The van der Waals surface area contributed by atoms with E-state index in [-0.39, 0.29) is 17.7 Å². The number of likely N-dealkylation sites (tertiary alicyclic amines) is 1. The van der Waals surface area contributed by atoms with Gasteiger partial charge in [-0.05, 0) is 63.5 Å². The summed E-state index contributed by atoms with van der Waals surface area (Å²) in [5.41, 5.74) is 0.973. The summed E-state index contributed by atoms with van der Waals surface area (Å²) < 4.78 is 0. The maximum Gasteiger partial charge on any atom is 0.230 e. The second-order valence-corrected chi connectivity index (χ2v) is 8.00. The van der Waals surface area contributed by atoms with Gasteiger partial charge in [-0.1, -0.05) is 25.1 Å². The van der Waals surface area contributed by atoms with Gasteiger partial charge in [-0.15, -0.1) is 0 Å². The molecule has 1 aromatic carbocycles. The Bertz CT molecular complexity index is 608. The van der Waals surface area contributed by atoms with E-state index in [0.717, 1.165) is 50.9 Å². The summed E-state index contributed by atoms with van der Waals surface area (Å²) in [4.78, 5) is 29.8. The summed E-state index contributed by atoms with van der Waals surface area (Å²) in [7, 11) is 0. The topological polar surface area (TPSA) is 40.6 Å². The lowest BCUT2D eigenvalue weighted by Gasteiger charge is -2.36. The van der Waals surface area contributed by atoms with Crippen LogP contribution in [0.15, 0.2) is 30.3 Å². The number of piperidine rings is 1. The highest BCUT2D eigenvalue weighted by Gasteiger charge is 2.34. The van der Waals surface area contributed by atoms with E-state index >= 15 is 0 Å². The van der Waals surface area contributed by atoms with Crippen LogP contribution in [0.2, 0.25) is 0 Å². The summed E-state index contributed by atoms with van der Waals surface area (Å²) in [5, 5.41) is 0. The van der Waals surface area contributed by atoms with Crippen molar-refractivity contribution in [3.63, 3.8) is 0 Å². The number of anilines is 1. The second-order valence-electron chi connectivity index (χ2n) is 8.00. The first-order valence-electron chi connectivity index (χ1n) is 10.2. The zero-order valence-electron chi connectivity index (χ0n) is 16.2. The van der Waals surface area contributed by atoms with Crippen LogP contribution in [0.1, 0.15) is 52.4 Å². The van der Waals surface area contributed by atoms with E-state index in [1.165, 1.54) is 6.42 Å². The summed E-state index contributed by atoms with van der Waals surface area (Å²) in [6, 6.07) is 9.91. The Balaban J connectivity index is 1.56. The van der Waals surface area contributed by atoms with Crippen LogP contribution in [-0.4, -0.2) is 36.3 Å². The first-order chi connectivity index (χ1) is 12.6. The number of para-hydroxylation sites is 1. The predicted octanol–water partition coefficient (Wildman–Crippen LogP) is 4.10. The summed E-state index contributed by atoms with van der Waals surface area (Å²) in [6.07, 6.45) is 5.74. The SMILES string of the molecule is CCN(C(=O)C1CCC(C(=O)N2CCCC(C)C2)CC1)c1ccccc1. The van der Waals surface area contributed by atoms with Gasteiger partial charge in [0.25, 0.3) is 0 Å². The summed E-state index contributed by atoms with van der Waals surface area (Å²) in [5.74, 6) is 1.35. The molecule has 2 amide bonds. The lowest BCUT2D eigenvalue weighted by atomic mass is 9.80. The van der Waals surface area contributed by atoms with Crippen molar-refractivity contribution in [2.45, 2.75) is 52.4 Å². The molecule has 1 aliphatic carbocycles. The average Bonchev–Trinajstić information content (AvgIpc) is 2.69. The zero-order chi connectivity index (χ0) is 18.5. The number of hydrogen-bond donors (Lipinski definition) is 0. The zero-order valence-corrected chi connectivity index (χ0v) is 16.2. The van der Waals surface area contributed by atoms with Crippen LogP contribution < -0.4 is 4.90 Å². The Morgan fingerprint density at radius 1 is 1.04 bits per heavy atom. The molecule has 1 unspecified atom stereocenters. The van der Waals surface area contributed by atoms with Gasteiger partial charge in [-0.25, -0.2) is 0 Å². The smallest absolute Gasteiger partial charge is 0.230 e. The van der Waals surface area contributed by atoms with Gasteiger partial charge in [0.1, 0.15) is 0 Å². The van der Waals surface area contributed by atoms with E-state index in [0.29, 0.717) is 18.4 Å². The standard InChI is InChI=1S/C22H32N2O2/c1-3-24(20-9-5-4-6-10-20)22(26)19-13-11-18(12-14-19)21(25)23-15-7-8-17(2)16-23/h4-6,9-10,17-19H,3,7-8,11-16H2,1-2H3. The van der Waals surface area contributed by atoms with E-state index in [1.54, 1.807) is 0 Å². The fourth-order valence-corrected chi connectivity index (χ4v) is 4.53. The third-order valence-electron chi connectivity index (χ3n) is 6.04. The predicted molar refractivity (Wildman–Crippen MR) is 105 cm³/mol. The molecule has 0 N–H and O–H groups in total. The normalized spacial score (nSPS) is 26.4. The van der Waals surface area contributed by atoms with Gasteiger partial charge < -0.3 is 9.80 Å². The molecule has 2 aliphatic rings. The molecular formula is C22H32N2O2. The van der Waals surface area contributed by atoms with Crippen LogP contribution in [0.3, 0.4) is 0 Å². The monoisotopic (exact) mass is 356 g/mol. The van der Waals surface area contributed by atoms with E-state index in [2.05, 4.69) is 11.8 Å². The van der Waals surface area contributed by atoms with Gasteiger partial charge in [0, 0.05) is 37.2 Å². The average molecular weight is 357 g/mol. The third kappa shape index (κ3) is 4.28. The number of benzene rings is 1. The Morgan fingerprint density at radius 3 is 2.31 bits per heavy atom. The molecule has 2 fully saturated rings. The Morgan fingerprint density at radius 2 is 1.69 bits per heavy atom. The summed E-state index contributed by atoms with van der Waals surface area (Å²) >= 11 is 0. The Kier molecular flexibility index (Phi) is 6.33. The number of nitrogens with zero attached hydrogens (tertiary/aromatic N) is 2. The molecule has 1 aliphatic heterocycles. The fourth-order valence-electron chi connectivity index (χ4n) is 4.53. The Hall–Kier alpha value is -1.84. The van der Waals surface area contributed by atoms with Crippen molar-refractivity contribution in [3.8, 4) is 0 Å². The molecule has 26 heavy (non-hydrogen) atoms. The van der Waals surface area contributed by atoms with Crippen LogP contribution >= 0.6 is 0 Å². The van der Waals surface area contributed by atoms with Crippen molar-refractivity contribution in [3.05, 3.63) is 30.3 Å². The number of amides is 2. The minimum atomic E-state index is 0.0551.